The maximum Gasteiger partial charge on any atom is 1.00 e. The van der Waals surface area contributed by atoms with Gasteiger partial charge in [-0.2, -0.15) is 0 Å². The van der Waals surface area contributed by atoms with Crippen LogP contribution in [0.15, 0.2) is 24.3 Å². The fraction of sp³-hybridized carbons (Fsp3) is 0.222. The van der Waals surface area contributed by atoms with Gasteiger partial charge in [0.15, 0.2) is 0 Å². The maximum atomic E-state index is 8.44. The maximum absolute atomic E-state index is 8.44. The molecule has 0 bridgehead atoms. The Hall–Kier alpha value is -0.420. The van der Waals surface area contributed by atoms with Crippen molar-refractivity contribution in [1.82, 2.24) is 0 Å². The van der Waals surface area contributed by atoms with E-state index >= 15 is 0 Å². The van der Waals surface area contributed by atoms with Gasteiger partial charge in [-0.05, 0) is 17.7 Å². The molecular weight excluding hydrogens is 231 g/mol. The molecule has 0 fully saturated rings. The van der Waals surface area contributed by atoms with E-state index in [1.165, 1.54) is 0 Å². The fourth-order valence-electron chi connectivity index (χ4n) is 0.715. The van der Waals surface area contributed by atoms with E-state index in [4.69, 9.17) is 31.3 Å². The summed E-state index contributed by atoms with van der Waals surface area (Å²) >= 11 is 5.58. The molecule has 0 saturated carbocycles. The Kier molecular flexibility index (Phi) is 11.5. The molecule has 0 spiro atoms. The quantitative estimate of drug-likeness (QED) is 0.496. The molecule has 0 saturated heterocycles. The molecule has 1 aromatic rings. The van der Waals surface area contributed by atoms with Crippen LogP contribution in [0.3, 0.4) is 0 Å². The van der Waals surface area contributed by atoms with Crippen molar-refractivity contribution in [1.29, 1.82) is 0 Å². The Morgan fingerprint density at radius 3 is 2.13 bits per heavy atom. The van der Waals surface area contributed by atoms with Crippen molar-refractivity contribution in [2.75, 3.05) is 7.11 Å². The van der Waals surface area contributed by atoms with Crippen LogP contribution in [0, 0.1) is 0 Å². The molecule has 0 heterocycles. The summed E-state index contributed by atoms with van der Waals surface area (Å²) < 4.78 is 4.97. The molecule has 15 heavy (non-hydrogen) atoms. The van der Waals surface area contributed by atoms with Crippen LogP contribution in [0.2, 0.25) is 0 Å². The summed E-state index contributed by atoms with van der Waals surface area (Å²) in [6.07, 6.45) is -2.08. The number of rotatable bonds is 2. The summed E-state index contributed by atoms with van der Waals surface area (Å²) in [5.41, 5.74) is 1.11. The Bertz CT molecular complexity index is 249. The van der Waals surface area contributed by atoms with E-state index in [0.717, 1.165) is 11.3 Å². The molecule has 0 unspecified atom stereocenters. The zero-order chi connectivity index (χ0) is 11.0. The topological polar surface area (TPSA) is 69.6 Å². The van der Waals surface area contributed by atoms with E-state index in [9.17, 15) is 0 Å². The van der Waals surface area contributed by atoms with Gasteiger partial charge >= 0.3 is 29.6 Å². The molecule has 1 rings (SSSR count). The minimum absolute atomic E-state index is 0. The number of ether oxygens (including phenoxy) is 1. The number of carboxylic acid groups (broad SMARTS) is 2. The first kappa shape index (κ1) is 17.0. The average Bonchev–Trinajstić information content (AvgIpc) is 2.17. The van der Waals surface area contributed by atoms with Crippen LogP contribution >= 0.6 is 11.6 Å². The third-order valence-corrected chi connectivity index (χ3v) is 1.62. The monoisotopic (exact) mass is 240 g/mol. The molecule has 0 aliphatic carbocycles. The summed E-state index contributed by atoms with van der Waals surface area (Å²) in [7, 11) is 1.65. The second-order valence-electron chi connectivity index (χ2n) is 2.25. The number of methoxy groups -OCH3 is 1. The third-order valence-electron chi connectivity index (χ3n) is 1.31. The van der Waals surface area contributed by atoms with Crippen LogP contribution in [-0.2, 0) is 5.88 Å². The van der Waals surface area contributed by atoms with Crippen molar-refractivity contribution in [2.24, 2.45) is 0 Å². The predicted molar refractivity (Wildman–Crippen MR) is 50.6 cm³/mol. The Labute approximate surface area is 115 Å². The van der Waals surface area contributed by atoms with E-state index in [1.807, 2.05) is 24.3 Å². The van der Waals surface area contributed by atoms with Gasteiger partial charge in [0.1, 0.15) is 5.75 Å². The number of hydrogen-bond donors (Lipinski definition) is 1. The number of benzene rings is 1. The molecule has 4 nitrogen and oxygen atoms in total. The standard InChI is InChI=1S/C8H9ClO.CH2O3.Na/c1-10-8-4-2-7(6-9)3-5-8;2-1(3)4;/h2-5H,6H2,1H3;(H2,2,3,4);/q;;+1/p-1. The van der Waals surface area contributed by atoms with E-state index in [-0.39, 0.29) is 29.6 Å². The van der Waals surface area contributed by atoms with Gasteiger partial charge in [0.05, 0.1) is 7.11 Å². The van der Waals surface area contributed by atoms with E-state index in [1.54, 1.807) is 7.11 Å². The Morgan fingerprint density at radius 1 is 1.47 bits per heavy atom. The number of carbonyl (C=O) groups is 1. The summed E-state index contributed by atoms with van der Waals surface area (Å²) in [5, 5.41) is 15.3. The van der Waals surface area contributed by atoms with Gasteiger partial charge < -0.3 is 19.7 Å². The molecule has 6 heteroatoms. The summed E-state index contributed by atoms with van der Waals surface area (Å²) in [6.45, 7) is 0. The van der Waals surface area contributed by atoms with Crippen LogP contribution in [0.4, 0.5) is 4.79 Å². The van der Waals surface area contributed by atoms with Crippen LogP contribution in [0.1, 0.15) is 5.56 Å². The van der Waals surface area contributed by atoms with E-state index < -0.39 is 6.16 Å². The van der Waals surface area contributed by atoms with Crippen LogP contribution in [0.25, 0.3) is 0 Å². The van der Waals surface area contributed by atoms with Crippen molar-refractivity contribution >= 4 is 17.8 Å². The molecule has 1 N–H and O–H groups in total. The van der Waals surface area contributed by atoms with Crippen LogP contribution in [0.5, 0.6) is 5.75 Å². The molecule has 0 aliphatic heterocycles. The second-order valence-corrected chi connectivity index (χ2v) is 2.51. The summed E-state index contributed by atoms with van der Waals surface area (Å²) in [4.78, 5) is 8.44. The molecular formula is C9H10ClNaO4. The first-order chi connectivity index (χ1) is 6.60. The predicted octanol–water partition coefficient (Wildman–Crippen LogP) is -1.67. The number of alkyl halides is 1. The van der Waals surface area contributed by atoms with Crippen molar-refractivity contribution in [3.05, 3.63) is 29.8 Å². The van der Waals surface area contributed by atoms with Crippen molar-refractivity contribution in [3.63, 3.8) is 0 Å². The molecule has 0 radical (unpaired) electrons. The summed E-state index contributed by atoms with van der Waals surface area (Å²) in [5.74, 6) is 1.43. The van der Waals surface area contributed by atoms with Gasteiger partial charge in [0.2, 0.25) is 6.16 Å². The molecule has 78 valence electrons. The molecule has 1 aromatic carbocycles. The normalized spacial score (nSPS) is 7.87. The summed E-state index contributed by atoms with van der Waals surface area (Å²) in [6, 6.07) is 7.70. The Morgan fingerprint density at radius 2 is 1.87 bits per heavy atom. The zero-order valence-electron chi connectivity index (χ0n) is 8.57. The number of halogens is 1. The molecule has 0 amide bonds. The second kappa shape index (κ2) is 10.1. The van der Waals surface area contributed by atoms with Gasteiger partial charge in [-0.3, -0.25) is 0 Å². The van der Waals surface area contributed by atoms with Gasteiger partial charge in [0, 0.05) is 5.88 Å². The first-order valence-corrected chi connectivity index (χ1v) is 4.22. The third kappa shape index (κ3) is 9.87. The smallest absolute Gasteiger partial charge is 0.565 e. The molecule has 0 aromatic heterocycles. The van der Waals surface area contributed by atoms with Gasteiger partial charge in [0.25, 0.3) is 0 Å². The number of hydrogen-bond acceptors (Lipinski definition) is 3. The minimum atomic E-state index is -2.08. The van der Waals surface area contributed by atoms with Gasteiger partial charge in [-0.25, -0.2) is 0 Å². The molecule has 0 atom stereocenters. The van der Waals surface area contributed by atoms with E-state index in [0.29, 0.717) is 5.88 Å². The molecule has 0 aliphatic rings. The fourth-order valence-corrected chi connectivity index (χ4v) is 0.893. The minimum Gasteiger partial charge on any atom is -0.565 e. The average molecular weight is 241 g/mol. The van der Waals surface area contributed by atoms with Crippen LogP contribution in [-0.4, -0.2) is 18.4 Å². The van der Waals surface area contributed by atoms with Crippen molar-refractivity contribution in [2.45, 2.75) is 5.88 Å². The van der Waals surface area contributed by atoms with E-state index in [2.05, 4.69) is 0 Å². The van der Waals surface area contributed by atoms with Crippen LogP contribution < -0.4 is 39.4 Å². The SMILES string of the molecule is COc1ccc(CCl)cc1.O=C([O-])O.[Na+]. The van der Waals surface area contributed by atoms with Gasteiger partial charge in [-0.1, -0.05) is 12.1 Å². The zero-order valence-corrected chi connectivity index (χ0v) is 11.3. The van der Waals surface area contributed by atoms with Crippen molar-refractivity contribution in [3.8, 4) is 5.75 Å². The first-order valence-electron chi connectivity index (χ1n) is 3.69. The van der Waals surface area contributed by atoms with Gasteiger partial charge in [-0.15, -0.1) is 11.6 Å². The van der Waals surface area contributed by atoms with Crippen molar-refractivity contribution < 1.29 is 49.3 Å². The largest absolute Gasteiger partial charge is 1.00 e. The Balaban J connectivity index is 0.